The zero-order chi connectivity index (χ0) is 27.5. The third-order valence-electron chi connectivity index (χ3n) is 7.91. The molecule has 40 heavy (non-hydrogen) atoms. The SMILES string of the molecule is Nc1cc(C(CCNC2CCC(c3ccccc3)CC2)c2cnn(Cc3cc(F)cc(F)c3)c2)c2nn[nH]c2n1. The number of hydrogen-bond donors (Lipinski definition) is 3. The Morgan fingerprint density at radius 3 is 2.58 bits per heavy atom. The monoisotopic (exact) mass is 542 g/mol. The molecule has 1 fully saturated rings. The summed E-state index contributed by atoms with van der Waals surface area (Å²) in [7, 11) is 0. The van der Waals surface area contributed by atoms with Gasteiger partial charge in [0.2, 0.25) is 0 Å². The number of halogens is 2. The number of nitrogens with one attached hydrogen (secondary N) is 2. The molecule has 206 valence electrons. The number of nitrogens with two attached hydrogens (primary N) is 1. The highest BCUT2D eigenvalue weighted by Crippen LogP contribution is 2.34. The van der Waals surface area contributed by atoms with Crippen molar-refractivity contribution < 1.29 is 8.78 Å². The molecular formula is C30H32F2N8. The Morgan fingerprint density at radius 2 is 1.80 bits per heavy atom. The molecule has 0 bridgehead atoms. The molecule has 2 aromatic carbocycles. The first kappa shape index (κ1) is 26.1. The first-order chi connectivity index (χ1) is 19.5. The summed E-state index contributed by atoms with van der Waals surface area (Å²) in [6.45, 7) is 1.05. The quantitative estimate of drug-likeness (QED) is 0.233. The maximum absolute atomic E-state index is 13.7. The van der Waals surface area contributed by atoms with E-state index in [1.54, 1.807) is 10.9 Å². The van der Waals surface area contributed by atoms with Gasteiger partial charge >= 0.3 is 0 Å². The molecule has 1 saturated carbocycles. The summed E-state index contributed by atoms with van der Waals surface area (Å²) < 4.78 is 29.2. The van der Waals surface area contributed by atoms with E-state index in [1.165, 1.54) is 30.5 Å². The number of fused-ring (bicyclic) bond motifs is 1. The van der Waals surface area contributed by atoms with Gasteiger partial charge in [-0.05, 0) is 85.0 Å². The van der Waals surface area contributed by atoms with Crippen molar-refractivity contribution in [1.29, 1.82) is 0 Å². The van der Waals surface area contributed by atoms with Crippen molar-refractivity contribution in [1.82, 2.24) is 35.5 Å². The molecule has 4 N–H and O–H groups in total. The molecule has 10 heteroatoms. The third kappa shape index (κ3) is 5.86. The molecular weight excluding hydrogens is 510 g/mol. The Hall–Kier alpha value is -4.18. The van der Waals surface area contributed by atoms with Crippen LogP contribution in [0.15, 0.2) is 67.0 Å². The van der Waals surface area contributed by atoms with Gasteiger partial charge in [-0.3, -0.25) is 4.68 Å². The Balaban J connectivity index is 1.18. The van der Waals surface area contributed by atoms with Crippen LogP contribution in [0.1, 0.15) is 66.2 Å². The highest BCUT2D eigenvalue weighted by atomic mass is 19.1. The van der Waals surface area contributed by atoms with Crippen LogP contribution in [0.4, 0.5) is 14.6 Å². The summed E-state index contributed by atoms with van der Waals surface area (Å²) >= 11 is 0. The van der Waals surface area contributed by atoms with Crippen molar-refractivity contribution in [2.24, 2.45) is 0 Å². The van der Waals surface area contributed by atoms with Gasteiger partial charge in [-0.1, -0.05) is 35.5 Å². The average Bonchev–Trinajstić information content (AvgIpc) is 3.61. The van der Waals surface area contributed by atoms with Crippen molar-refractivity contribution in [2.45, 2.75) is 56.5 Å². The van der Waals surface area contributed by atoms with Crippen molar-refractivity contribution in [2.75, 3.05) is 12.3 Å². The number of pyridine rings is 1. The molecule has 3 aromatic heterocycles. The van der Waals surface area contributed by atoms with Gasteiger partial charge < -0.3 is 11.1 Å². The summed E-state index contributed by atoms with van der Waals surface area (Å²) in [5.41, 5.74) is 11.2. The molecule has 1 atom stereocenters. The van der Waals surface area contributed by atoms with Gasteiger partial charge in [0, 0.05) is 24.2 Å². The number of anilines is 1. The fourth-order valence-corrected chi connectivity index (χ4v) is 5.97. The van der Waals surface area contributed by atoms with Crippen LogP contribution in [0.3, 0.4) is 0 Å². The van der Waals surface area contributed by atoms with E-state index in [9.17, 15) is 8.78 Å². The lowest BCUT2D eigenvalue weighted by molar-refractivity contribution is 0.340. The number of nitrogen functional groups attached to an aromatic ring is 1. The first-order valence-corrected chi connectivity index (χ1v) is 13.7. The van der Waals surface area contributed by atoms with Gasteiger partial charge in [-0.2, -0.15) is 5.10 Å². The summed E-state index contributed by atoms with van der Waals surface area (Å²) in [5, 5.41) is 19.3. The average molecular weight is 543 g/mol. The molecule has 0 radical (unpaired) electrons. The number of H-pyrrole nitrogens is 1. The number of nitrogens with zero attached hydrogens (tertiary/aromatic N) is 5. The molecule has 1 unspecified atom stereocenters. The number of rotatable bonds is 9. The van der Waals surface area contributed by atoms with E-state index in [2.05, 4.69) is 61.1 Å². The number of hydrogen-bond acceptors (Lipinski definition) is 6. The summed E-state index contributed by atoms with van der Waals surface area (Å²) in [6.07, 6.45) is 9.14. The van der Waals surface area contributed by atoms with Crippen LogP contribution in [0.2, 0.25) is 0 Å². The second-order valence-electron chi connectivity index (χ2n) is 10.6. The largest absolute Gasteiger partial charge is 0.384 e. The van der Waals surface area contributed by atoms with Crippen molar-refractivity contribution in [3.63, 3.8) is 0 Å². The maximum atomic E-state index is 13.7. The normalized spacial score (nSPS) is 18.2. The van der Waals surface area contributed by atoms with Gasteiger partial charge in [0.15, 0.2) is 5.65 Å². The van der Waals surface area contributed by atoms with Crippen LogP contribution in [0.5, 0.6) is 0 Å². The van der Waals surface area contributed by atoms with Crippen LogP contribution in [-0.2, 0) is 6.54 Å². The molecule has 5 aromatic rings. The van der Waals surface area contributed by atoms with E-state index >= 15 is 0 Å². The van der Waals surface area contributed by atoms with Crippen LogP contribution in [0, 0.1) is 11.6 Å². The lowest BCUT2D eigenvalue weighted by atomic mass is 9.81. The van der Waals surface area contributed by atoms with Crippen molar-refractivity contribution in [3.05, 3.63) is 101 Å². The van der Waals surface area contributed by atoms with Gasteiger partial charge in [0.1, 0.15) is 23.0 Å². The Morgan fingerprint density at radius 1 is 1.02 bits per heavy atom. The highest BCUT2D eigenvalue weighted by molar-refractivity contribution is 5.77. The molecule has 0 spiro atoms. The van der Waals surface area contributed by atoms with E-state index in [1.807, 2.05) is 12.3 Å². The number of benzene rings is 2. The third-order valence-corrected chi connectivity index (χ3v) is 7.91. The van der Waals surface area contributed by atoms with E-state index < -0.39 is 11.6 Å². The molecule has 0 aliphatic heterocycles. The molecule has 8 nitrogen and oxygen atoms in total. The molecule has 0 amide bonds. The van der Waals surface area contributed by atoms with Gasteiger partial charge in [0.05, 0.1) is 12.7 Å². The second-order valence-corrected chi connectivity index (χ2v) is 10.6. The van der Waals surface area contributed by atoms with Crippen LogP contribution in [-0.4, -0.2) is 42.8 Å². The molecule has 6 rings (SSSR count). The number of aromatic nitrogens is 6. The smallest absolute Gasteiger partial charge is 0.178 e. The minimum absolute atomic E-state index is 0.0796. The van der Waals surface area contributed by atoms with E-state index in [-0.39, 0.29) is 12.5 Å². The van der Waals surface area contributed by atoms with Crippen molar-refractivity contribution in [3.8, 4) is 0 Å². The topological polar surface area (TPSA) is 110 Å². The minimum Gasteiger partial charge on any atom is -0.384 e. The molecule has 0 saturated heterocycles. The van der Waals surface area contributed by atoms with Crippen molar-refractivity contribution >= 4 is 17.0 Å². The molecule has 3 heterocycles. The highest BCUT2D eigenvalue weighted by Gasteiger charge is 2.25. The van der Waals surface area contributed by atoms with Gasteiger partial charge in [-0.15, -0.1) is 5.10 Å². The predicted molar refractivity (Wildman–Crippen MR) is 150 cm³/mol. The summed E-state index contributed by atoms with van der Waals surface area (Å²) in [4.78, 5) is 4.33. The minimum atomic E-state index is -0.607. The fourth-order valence-electron chi connectivity index (χ4n) is 5.97. The number of aromatic amines is 1. The predicted octanol–water partition coefficient (Wildman–Crippen LogP) is 5.30. The van der Waals surface area contributed by atoms with Crippen LogP contribution < -0.4 is 11.1 Å². The molecule has 1 aliphatic rings. The lowest BCUT2D eigenvalue weighted by Gasteiger charge is -2.30. The Labute approximate surface area is 231 Å². The zero-order valence-electron chi connectivity index (χ0n) is 22.1. The Bertz CT molecular complexity index is 1550. The second kappa shape index (κ2) is 11.5. The molecule has 1 aliphatic carbocycles. The van der Waals surface area contributed by atoms with E-state index in [4.69, 9.17) is 5.73 Å². The van der Waals surface area contributed by atoms with Gasteiger partial charge in [-0.25, -0.2) is 18.9 Å². The summed E-state index contributed by atoms with van der Waals surface area (Å²) in [5.74, 6) is -0.281. The summed E-state index contributed by atoms with van der Waals surface area (Å²) in [6, 6.07) is 16.6. The van der Waals surface area contributed by atoms with E-state index in [0.717, 1.165) is 43.0 Å². The van der Waals surface area contributed by atoms with Crippen LogP contribution in [0.25, 0.3) is 11.2 Å². The van der Waals surface area contributed by atoms with E-state index in [0.29, 0.717) is 34.5 Å². The van der Waals surface area contributed by atoms with Crippen LogP contribution >= 0.6 is 0 Å². The zero-order valence-corrected chi connectivity index (χ0v) is 22.1. The lowest BCUT2D eigenvalue weighted by Crippen LogP contribution is -2.34. The first-order valence-electron chi connectivity index (χ1n) is 13.7. The Kier molecular flexibility index (Phi) is 7.50. The maximum Gasteiger partial charge on any atom is 0.178 e. The van der Waals surface area contributed by atoms with Gasteiger partial charge in [0.25, 0.3) is 0 Å². The fraction of sp³-hybridized carbons (Fsp3) is 0.333. The standard InChI is InChI=1S/C30H32F2N8/c31-23-12-19(13-24(32)14-23)17-40-18-22(16-35-40)26(27-15-28(33)36-30-29(27)37-39-38-30)10-11-34-25-8-6-21(7-9-25)20-4-2-1-3-5-20/h1-5,12-16,18,21,25-26,34H,6-11,17H2,(H3,33,36,37,38,39).